The number of aromatic nitrogens is 2. The number of pyridine rings is 1. The summed E-state index contributed by atoms with van der Waals surface area (Å²) in [5.41, 5.74) is 5.61. The summed E-state index contributed by atoms with van der Waals surface area (Å²) in [6.07, 6.45) is -0.928. The van der Waals surface area contributed by atoms with Crippen molar-refractivity contribution in [2.75, 3.05) is 75.9 Å². The number of hydrogen-bond donors (Lipinski definition) is 2. The molecule has 1 aromatic carbocycles. The first-order valence-corrected chi connectivity index (χ1v) is 23.1. The number of cyclic esters (lactones) is 1. The number of esters is 1. The van der Waals surface area contributed by atoms with Crippen LogP contribution < -0.4 is 20.5 Å². The largest absolute Gasteiger partial charge is 0.464 e. The highest BCUT2D eigenvalue weighted by atomic mass is 19.4. The molecule has 4 fully saturated rings. The van der Waals surface area contributed by atoms with Gasteiger partial charge < -0.3 is 38.6 Å². The van der Waals surface area contributed by atoms with E-state index in [0.29, 0.717) is 78.5 Å². The predicted molar refractivity (Wildman–Crippen MR) is 239 cm³/mol. The molecular formula is C47H65F3N8O7. The zero-order chi connectivity index (χ0) is 46.4. The Morgan fingerprint density at radius 1 is 1.02 bits per heavy atom. The normalized spacial score (nSPS) is 24.4. The Balaban J connectivity index is 1.25. The molecule has 18 heteroatoms. The highest BCUT2D eigenvalue weighted by Gasteiger charge is 2.39. The highest BCUT2D eigenvalue weighted by molar-refractivity contribution is 5.95. The van der Waals surface area contributed by atoms with Crippen molar-refractivity contribution in [2.24, 2.45) is 5.41 Å². The van der Waals surface area contributed by atoms with Gasteiger partial charge in [0.1, 0.15) is 24.2 Å². The van der Waals surface area contributed by atoms with Crippen LogP contribution in [-0.4, -0.2) is 140 Å². The maximum absolute atomic E-state index is 15.0. The molecule has 0 radical (unpaired) electrons. The first-order chi connectivity index (χ1) is 30.8. The van der Waals surface area contributed by atoms with E-state index in [-0.39, 0.29) is 19.4 Å². The van der Waals surface area contributed by atoms with E-state index >= 15 is 0 Å². The number of hydrazine groups is 1. The summed E-state index contributed by atoms with van der Waals surface area (Å²) >= 11 is 0. The monoisotopic (exact) mass is 910 g/mol. The summed E-state index contributed by atoms with van der Waals surface area (Å²) < 4.78 is 70.0. The number of morpholine rings is 1. The number of alkyl halides is 3. The second kappa shape index (κ2) is 18.6. The average Bonchev–Trinajstić information content (AvgIpc) is 4.08. The fraction of sp³-hybridized carbons (Fsp3) is 0.660. The zero-order valence-corrected chi connectivity index (χ0v) is 38.8. The predicted octanol–water partition coefficient (Wildman–Crippen LogP) is 6.37. The van der Waals surface area contributed by atoms with Gasteiger partial charge in [-0.2, -0.15) is 13.2 Å². The Kier molecular flexibility index (Phi) is 13.4. The number of ether oxygens (including phenoxy) is 4. The van der Waals surface area contributed by atoms with Gasteiger partial charge in [0.15, 0.2) is 0 Å². The van der Waals surface area contributed by atoms with Crippen molar-refractivity contribution in [1.82, 2.24) is 30.2 Å². The molecule has 1 aliphatic carbocycles. The number of alkyl carbamates (subject to hydrolysis) is 1. The van der Waals surface area contributed by atoms with E-state index in [4.69, 9.17) is 23.9 Å². The van der Waals surface area contributed by atoms with E-state index in [1.54, 1.807) is 33.9 Å². The first-order valence-electron chi connectivity index (χ1n) is 23.1. The standard InChI is InChI=1S/C47H65F3N8O7/c1-29(62-7)40-35(22-32(25-51-40)55-17-15-54(16-18-55)30-10-11-30)41-36-24-46(5,6)28-64-43(60)37-9-8-14-58(53-37)42(59)38(52-44(61)65-45(2,3)4)23-33-26-56(19-20-63-33)31-12-13-39(34(36)21-31)57(41)27-47(48,49)50/h12-13,21-22,25,29-30,33,37-38,53H,8-11,14-20,23-24,26-28H2,1-7H3,(H,52,61)/t29-,33-,37-,38-/m0/s1. The number of anilines is 2. The van der Waals surface area contributed by atoms with Gasteiger partial charge in [-0.3, -0.25) is 24.5 Å². The van der Waals surface area contributed by atoms with Gasteiger partial charge in [-0.05, 0) is 89.6 Å². The van der Waals surface area contributed by atoms with E-state index in [0.717, 1.165) is 37.6 Å². The maximum Gasteiger partial charge on any atom is 0.408 e. The third-order valence-electron chi connectivity index (χ3n) is 13.1. The minimum atomic E-state index is -4.58. The lowest BCUT2D eigenvalue weighted by Gasteiger charge is -2.38. The molecule has 65 heavy (non-hydrogen) atoms. The van der Waals surface area contributed by atoms with Crippen molar-refractivity contribution in [2.45, 2.75) is 129 Å². The van der Waals surface area contributed by atoms with Crippen LogP contribution in [0.1, 0.15) is 91.0 Å². The Morgan fingerprint density at radius 2 is 1.77 bits per heavy atom. The first kappa shape index (κ1) is 46.9. The lowest BCUT2D eigenvalue weighted by molar-refractivity contribution is -0.155. The average molecular weight is 911 g/mol. The number of carbonyl (C=O) groups is 3. The smallest absolute Gasteiger partial charge is 0.408 e. The molecule has 15 nitrogen and oxygen atoms in total. The fourth-order valence-electron chi connectivity index (χ4n) is 9.72. The third-order valence-corrected chi connectivity index (χ3v) is 13.1. The second-order valence-electron chi connectivity index (χ2n) is 20.1. The number of fused-ring (bicyclic) bond motifs is 6. The molecule has 2 aromatic heterocycles. The molecule has 5 aliphatic rings. The van der Waals surface area contributed by atoms with Crippen LogP contribution in [0.15, 0.2) is 30.5 Å². The minimum absolute atomic E-state index is 0.0537. The van der Waals surface area contributed by atoms with E-state index in [9.17, 15) is 27.6 Å². The number of piperazine rings is 1. The number of hydrogen-bond acceptors (Lipinski definition) is 12. The summed E-state index contributed by atoms with van der Waals surface area (Å²) in [6.45, 7) is 14.4. The SMILES string of the molecule is CO[C@@H](C)c1ncc(N2CCN(C3CC3)CC2)cc1-c1c2c3cc(ccc3n1CC(F)(F)F)N1CCO[C@@H](C[C@H](NC(=O)OC(C)(C)C)C(=O)N3CCC[C@H](N3)C(=O)OCC(C)(C)C2)C1. The third kappa shape index (κ3) is 11.0. The van der Waals surface area contributed by atoms with Gasteiger partial charge in [-0.1, -0.05) is 13.8 Å². The van der Waals surface area contributed by atoms with Crippen molar-refractivity contribution in [3.63, 3.8) is 0 Å². The minimum Gasteiger partial charge on any atom is -0.464 e. The summed E-state index contributed by atoms with van der Waals surface area (Å²) in [5, 5.41) is 4.77. The fourth-order valence-corrected chi connectivity index (χ4v) is 9.72. The number of amides is 2. The summed E-state index contributed by atoms with van der Waals surface area (Å²) in [6, 6.07) is 6.24. The Morgan fingerprint density at radius 3 is 2.46 bits per heavy atom. The Bertz CT molecular complexity index is 2230. The van der Waals surface area contributed by atoms with Crippen molar-refractivity contribution in [1.29, 1.82) is 0 Å². The highest BCUT2D eigenvalue weighted by Crippen LogP contribution is 2.44. The van der Waals surface area contributed by atoms with E-state index < -0.39 is 66.0 Å². The number of nitrogens with one attached hydrogen (secondary N) is 2. The van der Waals surface area contributed by atoms with Gasteiger partial charge in [-0.15, -0.1) is 0 Å². The van der Waals surface area contributed by atoms with Crippen LogP contribution in [0.4, 0.5) is 29.3 Å². The number of halogens is 3. The Hall–Kier alpha value is -4.65. The van der Waals surface area contributed by atoms with E-state index in [2.05, 4.69) is 25.4 Å². The van der Waals surface area contributed by atoms with Gasteiger partial charge in [0.25, 0.3) is 5.91 Å². The molecule has 3 saturated heterocycles. The Labute approximate surface area is 379 Å². The molecule has 1 saturated carbocycles. The van der Waals surface area contributed by atoms with Gasteiger partial charge in [0.2, 0.25) is 0 Å². The summed E-state index contributed by atoms with van der Waals surface area (Å²) in [7, 11) is 1.57. The molecule has 3 aromatic rings. The molecule has 4 atom stereocenters. The molecule has 2 N–H and O–H groups in total. The van der Waals surface area contributed by atoms with Gasteiger partial charge in [0.05, 0.1) is 48.7 Å². The topological polar surface area (TPSA) is 143 Å². The zero-order valence-electron chi connectivity index (χ0n) is 38.8. The number of benzene rings is 1. The van der Waals surface area contributed by atoms with Crippen LogP contribution in [0.3, 0.4) is 0 Å². The number of nitrogens with zero attached hydrogens (tertiary/aromatic N) is 6. The molecule has 2 amide bonds. The van der Waals surface area contributed by atoms with Crippen molar-refractivity contribution in [3.8, 4) is 11.3 Å². The number of rotatable bonds is 7. The second-order valence-corrected chi connectivity index (χ2v) is 20.1. The van der Waals surface area contributed by atoms with Crippen LogP contribution >= 0.6 is 0 Å². The number of carbonyl (C=O) groups excluding carboxylic acids is 3. The molecular weight excluding hydrogens is 846 g/mol. The van der Waals surface area contributed by atoms with Crippen molar-refractivity contribution < 1.29 is 46.5 Å². The van der Waals surface area contributed by atoms with Gasteiger partial charge >= 0.3 is 18.2 Å². The quantitative estimate of drug-likeness (QED) is 0.255. The molecule has 356 valence electrons. The lowest BCUT2D eigenvalue weighted by atomic mass is 9.84. The maximum atomic E-state index is 15.0. The van der Waals surface area contributed by atoms with E-state index in [1.165, 1.54) is 22.4 Å². The molecule has 0 unspecified atom stereocenters. The van der Waals surface area contributed by atoms with Crippen molar-refractivity contribution >= 4 is 40.2 Å². The van der Waals surface area contributed by atoms with Gasteiger partial charge in [-0.25, -0.2) is 10.2 Å². The summed E-state index contributed by atoms with van der Waals surface area (Å²) in [4.78, 5) is 53.1. The molecule has 8 rings (SSSR count). The van der Waals surface area contributed by atoms with Crippen LogP contribution in [0, 0.1) is 5.41 Å². The van der Waals surface area contributed by atoms with Gasteiger partial charge in [0, 0.05) is 93.0 Å². The molecule has 4 aliphatic heterocycles. The molecule has 0 spiro atoms. The summed E-state index contributed by atoms with van der Waals surface area (Å²) in [5.74, 6) is -1.00. The molecule has 6 heterocycles. The molecule has 6 bridgehead atoms. The van der Waals surface area contributed by atoms with E-state index in [1.807, 2.05) is 45.2 Å². The van der Waals surface area contributed by atoms with Crippen LogP contribution in [-0.2, 0) is 41.5 Å². The van der Waals surface area contributed by atoms with Crippen LogP contribution in [0.25, 0.3) is 22.2 Å². The van der Waals surface area contributed by atoms with Crippen molar-refractivity contribution in [3.05, 3.63) is 41.7 Å². The van der Waals surface area contributed by atoms with Crippen LogP contribution in [0.5, 0.6) is 0 Å². The number of methoxy groups -OCH3 is 1. The lowest BCUT2D eigenvalue weighted by Crippen LogP contribution is -2.61. The van der Waals surface area contributed by atoms with Crippen LogP contribution in [0.2, 0.25) is 0 Å².